The molecule has 0 aliphatic heterocycles. The first-order valence-corrected chi connectivity index (χ1v) is 12.5. The van der Waals surface area contributed by atoms with Crippen molar-refractivity contribution in [2.24, 2.45) is 0 Å². The number of ether oxygens (including phenoxy) is 1. The van der Waals surface area contributed by atoms with Crippen molar-refractivity contribution < 1.29 is 14.3 Å². The smallest absolute Gasteiger partial charge is 0.258 e. The predicted molar refractivity (Wildman–Crippen MR) is 146 cm³/mol. The van der Waals surface area contributed by atoms with Gasteiger partial charge in [0.15, 0.2) is 0 Å². The number of benzene rings is 3. The zero-order valence-electron chi connectivity index (χ0n) is 20.9. The Morgan fingerprint density at radius 1 is 1.00 bits per heavy atom. The van der Waals surface area contributed by atoms with Crippen LogP contribution in [0.2, 0.25) is 5.02 Å². The number of halogens is 1. The van der Waals surface area contributed by atoms with Gasteiger partial charge < -0.3 is 15.0 Å². The van der Waals surface area contributed by atoms with E-state index in [0.29, 0.717) is 40.1 Å². The van der Waals surface area contributed by atoms with E-state index in [9.17, 15) is 9.59 Å². The van der Waals surface area contributed by atoms with Gasteiger partial charge in [-0.15, -0.1) is 0 Å². The lowest BCUT2D eigenvalue weighted by Gasteiger charge is -2.23. The molecule has 0 spiro atoms. The number of methoxy groups -OCH3 is 1. The Morgan fingerprint density at radius 3 is 2.43 bits per heavy atom. The summed E-state index contributed by atoms with van der Waals surface area (Å²) < 4.78 is 6.98. The summed E-state index contributed by atoms with van der Waals surface area (Å²) in [5.41, 5.74) is 2.64. The molecule has 0 saturated carbocycles. The second kappa shape index (κ2) is 12.2. The third kappa shape index (κ3) is 6.19. The van der Waals surface area contributed by atoms with Gasteiger partial charge in [-0.3, -0.25) is 9.59 Å². The van der Waals surface area contributed by atoms with Crippen LogP contribution in [0, 0.1) is 0 Å². The van der Waals surface area contributed by atoms with Crippen molar-refractivity contribution in [2.75, 3.05) is 25.5 Å². The Kier molecular flexibility index (Phi) is 8.59. The number of rotatable bonds is 10. The molecule has 0 aliphatic rings. The van der Waals surface area contributed by atoms with Gasteiger partial charge in [0.05, 0.1) is 29.1 Å². The first-order valence-electron chi connectivity index (χ1n) is 12.1. The van der Waals surface area contributed by atoms with Crippen LogP contribution in [0.3, 0.4) is 0 Å². The summed E-state index contributed by atoms with van der Waals surface area (Å²) in [5, 5.41) is 8.16. The molecule has 7 nitrogen and oxygen atoms in total. The maximum absolute atomic E-state index is 13.4. The molecular weight excluding hydrogens is 488 g/mol. The first-order chi connectivity index (χ1) is 18.0. The minimum absolute atomic E-state index is 0.120. The van der Waals surface area contributed by atoms with Crippen LogP contribution < -0.4 is 10.1 Å². The topological polar surface area (TPSA) is 76.5 Å². The normalized spacial score (nSPS) is 10.7. The van der Waals surface area contributed by atoms with Crippen molar-refractivity contribution in [1.82, 2.24) is 14.7 Å². The lowest BCUT2D eigenvalue weighted by atomic mass is 10.1. The fraction of sp³-hybridized carbons (Fsp3) is 0.207. The third-order valence-corrected chi connectivity index (χ3v) is 6.19. The summed E-state index contributed by atoms with van der Waals surface area (Å²) in [4.78, 5) is 28.2. The molecular formula is C29H29ClN4O3. The number of unbranched alkanes of at least 4 members (excludes halogenated alkanes) is 1. The number of nitrogens with one attached hydrogen (secondary N) is 1. The number of hydrogen-bond acceptors (Lipinski definition) is 4. The van der Waals surface area contributed by atoms with Crippen molar-refractivity contribution in [3.05, 3.63) is 95.5 Å². The summed E-state index contributed by atoms with van der Waals surface area (Å²) in [6.45, 7) is 2.37. The molecule has 0 radical (unpaired) electrons. The van der Waals surface area contributed by atoms with Crippen LogP contribution in [0.4, 0.5) is 5.82 Å². The molecule has 4 aromatic rings. The van der Waals surface area contributed by atoms with E-state index in [2.05, 4.69) is 5.32 Å². The van der Waals surface area contributed by atoms with E-state index in [1.807, 2.05) is 55.5 Å². The fourth-order valence-electron chi connectivity index (χ4n) is 3.98. The van der Waals surface area contributed by atoms with Crippen molar-refractivity contribution in [3.63, 3.8) is 0 Å². The van der Waals surface area contributed by atoms with E-state index < -0.39 is 0 Å². The molecule has 1 aromatic heterocycles. The molecule has 8 heteroatoms. The number of hydrogen-bond donors (Lipinski definition) is 1. The monoisotopic (exact) mass is 516 g/mol. The summed E-state index contributed by atoms with van der Waals surface area (Å²) in [6.07, 6.45) is 1.65. The lowest BCUT2D eigenvalue weighted by Crippen LogP contribution is -2.39. The quantitative estimate of drug-likeness (QED) is 0.277. The van der Waals surface area contributed by atoms with Crippen LogP contribution in [0.5, 0.6) is 5.75 Å². The molecule has 4 rings (SSSR count). The van der Waals surface area contributed by atoms with E-state index >= 15 is 0 Å². The highest BCUT2D eigenvalue weighted by Gasteiger charge is 2.23. The van der Waals surface area contributed by atoms with Crippen LogP contribution in [-0.4, -0.2) is 46.7 Å². The van der Waals surface area contributed by atoms with Gasteiger partial charge in [-0.2, -0.15) is 5.10 Å². The largest absolute Gasteiger partial charge is 0.496 e. The third-order valence-electron chi connectivity index (χ3n) is 5.87. The lowest BCUT2D eigenvalue weighted by molar-refractivity contribution is -0.117. The molecule has 0 saturated heterocycles. The Labute approximate surface area is 221 Å². The number of anilines is 1. The van der Waals surface area contributed by atoms with Crippen molar-refractivity contribution >= 4 is 29.2 Å². The van der Waals surface area contributed by atoms with Gasteiger partial charge in [-0.1, -0.05) is 79.5 Å². The summed E-state index contributed by atoms with van der Waals surface area (Å²) >= 11 is 6.46. The average molecular weight is 517 g/mol. The second-order valence-corrected chi connectivity index (χ2v) is 8.88. The van der Waals surface area contributed by atoms with Crippen LogP contribution >= 0.6 is 11.6 Å². The highest BCUT2D eigenvalue weighted by molar-refractivity contribution is 6.32. The van der Waals surface area contributed by atoms with Crippen molar-refractivity contribution in [3.8, 4) is 22.7 Å². The van der Waals surface area contributed by atoms with Crippen molar-refractivity contribution in [1.29, 1.82) is 0 Å². The van der Waals surface area contributed by atoms with Gasteiger partial charge in [0.25, 0.3) is 5.91 Å². The molecule has 1 heterocycles. The van der Waals surface area contributed by atoms with Crippen molar-refractivity contribution in [2.45, 2.75) is 19.8 Å². The van der Waals surface area contributed by atoms with Crippen LogP contribution in [0.1, 0.15) is 30.1 Å². The average Bonchev–Trinajstić information content (AvgIpc) is 3.34. The zero-order valence-corrected chi connectivity index (χ0v) is 21.6. The molecule has 37 heavy (non-hydrogen) atoms. The number of nitrogens with zero attached hydrogens (tertiary/aromatic N) is 3. The Morgan fingerprint density at radius 2 is 1.70 bits per heavy atom. The number of para-hydroxylation sites is 2. The summed E-state index contributed by atoms with van der Waals surface area (Å²) in [6, 6.07) is 25.8. The second-order valence-electron chi connectivity index (χ2n) is 8.47. The summed E-state index contributed by atoms with van der Waals surface area (Å²) in [5.74, 6) is 0.327. The van der Waals surface area contributed by atoms with Gasteiger partial charge >= 0.3 is 0 Å². The number of amides is 2. The summed E-state index contributed by atoms with van der Waals surface area (Å²) in [7, 11) is 1.52. The zero-order chi connectivity index (χ0) is 26.2. The molecule has 0 aliphatic carbocycles. The first kappa shape index (κ1) is 26.0. The Balaban J connectivity index is 1.62. The predicted octanol–water partition coefficient (Wildman–Crippen LogP) is 6.08. The maximum atomic E-state index is 13.4. The van der Waals surface area contributed by atoms with E-state index in [1.54, 1.807) is 46.0 Å². The Bertz CT molecular complexity index is 1370. The van der Waals surface area contributed by atoms with Crippen LogP contribution in [0.15, 0.2) is 84.9 Å². The van der Waals surface area contributed by atoms with Crippen LogP contribution in [0.25, 0.3) is 16.9 Å². The highest BCUT2D eigenvalue weighted by Crippen LogP contribution is 2.28. The molecule has 190 valence electrons. The SMILES string of the molecule is CCCCN(CC(=O)Nc1cc(-c2ccccc2)nn1-c1ccccc1Cl)C(=O)c1ccccc1OC. The van der Waals surface area contributed by atoms with Gasteiger partial charge in [-0.25, -0.2) is 4.68 Å². The molecule has 0 fully saturated rings. The van der Waals surface area contributed by atoms with E-state index in [0.717, 1.165) is 18.4 Å². The fourth-order valence-corrected chi connectivity index (χ4v) is 4.19. The van der Waals surface area contributed by atoms with E-state index in [4.69, 9.17) is 21.4 Å². The number of aromatic nitrogens is 2. The van der Waals surface area contributed by atoms with Gasteiger partial charge in [0.2, 0.25) is 5.91 Å². The minimum atomic E-state index is -0.341. The molecule has 0 bridgehead atoms. The minimum Gasteiger partial charge on any atom is -0.496 e. The standard InChI is InChI=1S/C29H29ClN4O3/c1-3-4-18-33(29(36)22-14-8-11-17-26(22)37-2)20-28(35)31-27-19-24(21-12-6-5-7-13-21)32-34(27)25-16-10-9-15-23(25)30/h5-17,19H,3-4,18,20H2,1-2H3,(H,31,35). The Hall–Kier alpha value is -4.10. The maximum Gasteiger partial charge on any atom is 0.258 e. The molecule has 0 unspecified atom stereocenters. The molecule has 3 aromatic carbocycles. The highest BCUT2D eigenvalue weighted by atomic mass is 35.5. The van der Waals surface area contributed by atoms with E-state index in [-0.39, 0.29) is 18.4 Å². The van der Waals surface area contributed by atoms with Gasteiger partial charge in [-0.05, 0) is 30.7 Å². The molecule has 1 N–H and O–H groups in total. The number of carbonyl (C=O) groups is 2. The van der Waals surface area contributed by atoms with Crippen LogP contribution in [-0.2, 0) is 4.79 Å². The van der Waals surface area contributed by atoms with Gasteiger partial charge in [0, 0.05) is 18.2 Å². The molecule has 0 atom stereocenters. The van der Waals surface area contributed by atoms with E-state index in [1.165, 1.54) is 7.11 Å². The molecule has 2 amide bonds. The number of carbonyl (C=O) groups excluding carboxylic acids is 2. The van der Waals surface area contributed by atoms with Gasteiger partial charge in [0.1, 0.15) is 18.1 Å².